The molecule has 2 aromatic rings. The summed E-state index contributed by atoms with van der Waals surface area (Å²) in [5.41, 5.74) is 3.96. The second kappa shape index (κ2) is 5.29. The first kappa shape index (κ1) is 13.8. The molecule has 1 amide bonds. The minimum absolute atomic E-state index is 0.153. The van der Waals surface area contributed by atoms with Gasteiger partial charge in [-0.25, -0.2) is 4.99 Å². The highest BCUT2D eigenvalue weighted by molar-refractivity contribution is 14.1. The number of hydrogen-bond donors (Lipinski definition) is 1. The van der Waals surface area contributed by atoms with Crippen molar-refractivity contribution in [2.24, 2.45) is 4.99 Å². The fourth-order valence-electron chi connectivity index (χ4n) is 2.15. The van der Waals surface area contributed by atoms with Gasteiger partial charge in [0.05, 0.1) is 11.4 Å². The Morgan fingerprint density at radius 2 is 1.90 bits per heavy atom. The molecule has 20 heavy (non-hydrogen) atoms. The number of aliphatic imine (C=N–C) groups is 1. The number of nitrogens with one attached hydrogen (secondary N) is 1. The highest BCUT2D eigenvalue weighted by atomic mass is 127. The number of anilines is 1. The summed E-state index contributed by atoms with van der Waals surface area (Å²) in [5, 5.41) is 2.88. The van der Waals surface area contributed by atoms with Gasteiger partial charge in [0.25, 0.3) is 5.91 Å². The lowest BCUT2D eigenvalue weighted by molar-refractivity contribution is -0.110. The number of amides is 1. The maximum absolute atomic E-state index is 12.1. The average molecular weight is 441 g/mol. The van der Waals surface area contributed by atoms with Gasteiger partial charge in [-0.2, -0.15) is 0 Å². The Morgan fingerprint density at radius 1 is 1.20 bits per heavy atom. The van der Waals surface area contributed by atoms with Crippen LogP contribution in [0.3, 0.4) is 0 Å². The van der Waals surface area contributed by atoms with Crippen molar-refractivity contribution in [3.63, 3.8) is 0 Å². The molecule has 0 saturated heterocycles. The fourth-order valence-corrected chi connectivity index (χ4v) is 3.08. The van der Waals surface area contributed by atoms with Crippen molar-refractivity contribution in [1.82, 2.24) is 0 Å². The average Bonchev–Trinajstić information content (AvgIpc) is 2.70. The van der Waals surface area contributed by atoms with Crippen molar-refractivity contribution in [3.8, 4) is 0 Å². The topological polar surface area (TPSA) is 41.5 Å². The molecule has 5 heteroatoms. The van der Waals surface area contributed by atoms with Crippen LogP contribution in [0, 0.1) is 10.5 Å². The summed E-state index contributed by atoms with van der Waals surface area (Å²) in [7, 11) is 0. The third-order valence-corrected chi connectivity index (χ3v) is 4.25. The number of carbonyl (C=O) groups excluding carboxylic acids is 1. The number of carbonyl (C=O) groups is 1. The molecule has 0 saturated carbocycles. The van der Waals surface area contributed by atoms with Crippen LogP contribution in [0.5, 0.6) is 0 Å². The molecule has 0 bridgehead atoms. The predicted octanol–water partition coefficient (Wildman–Crippen LogP) is 4.44. The van der Waals surface area contributed by atoms with Gasteiger partial charge in [0.1, 0.15) is 5.71 Å². The van der Waals surface area contributed by atoms with Gasteiger partial charge in [-0.1, -0.05) is 15.9 Å². The fraction of sp³-hybridized carbons (Fsp3) is 0.0667. The van der Waals surface area contributed by atoms with Crippen LogP contribution in [-0.2, 0) is 4.79 Å². The van der Waals surface area contributed by atoms with Crippen LogP contribution in [0.15, 0.2) is 45.9 Å². The predicted molar refractivity (Wildman–Crippen MR) is 92.9 cm³/mol. The van der Waals surface area contributed by atoms with Gasteiger partial charge in [-0.3, -0.25) is 4.79 Å². The largest absolute Gasteiger partial charge is 0.320 e. The van der Waals surface area contributed by atoms with E-state index in [0.29, 0.717) is 5.71 Å². The van der Waals surface area contributed by atoms with Crippen LogP contribution in [0.4, 0.5) is 11.4 Å². The van der Waals surface area contributed by atoms with Gasteiger partial charge < -0.3 is 5.32 Å². The highest BCUT2D eigenvalue weighted by Crippen LogP contribution is 2.32. The zero-order chi connectivity index (χ0) is 14.3. The number of hydrogen-bond acceptors (Lipinski definition) is 2. The number of benzene rings is 2. The summed E-state index contributed by atoms with van der Waals surface area (Å²) in [6.45, 7) is 1.97. The van der Waals surface area contributed by atoms with E-state index in [2.05, 4.69) is 48.8 Å². The Bertz CT molecular complexity index is 738. The van der Waals surface area contributed by atoms with E-state index in [1.54, 1.807) is 0 Å². The van der Waals surface area contributed by atoms with Crippen LogP contribution in [0.25, 0.3) is 0 Å². The second-order valence-electron chi connectivity index (χ2n) is 4.54. The molecule has 0 spiro atoms. The Balaban J connectivity index is 2.12. The first-order valence-electron chi connectivity index (χ1n) is 6.01. The van der Waals surface area contributed by atoms with Crippen LogP contribution in [-0.4, -0.2) is 11.6 Å². The summed E-state index contributed by atoms with van der Waals surface area (Å²) in [6.07, 6.45) is 0. The van der Waals surface area contributed by atoms with Crippen molar-refractivity contribution in [2.45, 2.75) is 6.92 Å². The van der Waals surface area contributed by atoms with Gasteiger partial charge in [0.2, 0.25) is 0 Å². The van der Waals surface area contributed by atoms with Crippen molar-refractivity contribution in [3.05, 3.63) is 55.6 Å². The Morgan fingerprint density at radius 3 is 2.60 bits per heavy atom. The van der Waals surface area contributed by atoms with Gasteiger partial charge in [0.15, 0.2) is 0 Å². The quantitative estimate of drug-likeness (QED) is 0.654. The molecule has 0 atom stereocenters. The lowest BCUT2D eigenvalue weighted by atomic mass is 10.1. The molecule has 100 valence electrons. The Labute approximate surface area is 138 Å². The Kier molecular flexibility index (Phi) is 3.64. The van der Waals surface area contributed by atoms with Crippen molar-refractivity contribution in [2.75, 3.05) is 5.32 Å². The van der Waals surface area contributed by atoms with Crippen LogP contribution < -0.4 is 5.32 Å². The van der Waals surface area contributed by atoms with E-state index in [9.17, 15) is 4.79 Å². The minimum atomic E-state index is -0.153. The highest BCUT2D eigenvalue weighted by Gasteiger charge is 2.27. The Hall–Kier alpha value is -1.21. The second-order valence-corrected chi connectivity index (χ2v) is 6.70. The number of rotatable bonds is 1. The molecule has 0 radical (unpaired) electrons. The van der Waals surface area contributed by atoms with E-state index in [4.69, 9.17) is 0 Å². The normalized spacial score (nSPS) is 15.3. The minimum Gasteiger partial charge on any atom is -0.320 e. The van der Waals surface area contributed by atoms with Gasteiger partial charge in [-0.15, -0.1) is 0 Å². The smallest absolute Gasteiger partial charge is 0.275 e. The van der Waals surface area contributed by atoms with Crippen molar-refractivity contribution < 1.29 is 4.79 Å². The molecule has 1 aliphatic heterocycles. The maximum Gasteiger partial charge on any atom is 0.275 e. The summed E-state index contributed by atoms with van der Waals surface area (Å²) >= 11 is 5.70. The summed E-state index contributed by atoms with van der Waals surface area (Å²) < 4.78 is 2.09. The molecule has 1 aliphatic rings. The first-order valence-corrected chi connectivity index (χ1v) is 7.88. The third-order valence-electron chi connectivity index (χ3n) is 3.08. The molecule has 1 N–H and O–H groups in total. The van der Waals surface area contributed by atoms with Crippen LogP contribution >= 0.6 is 38.5 Å². The molecule has 0 aliphatic carbocycles. The van der Waals surface area contributed by atoms with E-state index in [1.807, 2.05) is 43.3 Å². The zero-order valence-electron chi connectivity index (χ0n) is 10.6. The van der Waals surface area contributed by atoms with E-state index >= 15 is 0 Å². The molecule has 3 nitrogen and oxygen atoms in total. The molecule has 2 aromatic carbocycles. The van der Waals surface area contributed by atoms with Gasteiger partial charge in [0, 0.05) is 13.6 Å². The van der Waals surface area contributed by atoms with E-state index in [1.165, 1.54) is 0 Å². The summed E-state index contributed by atoms with van der Waals surface area (Å²) in [6, 6.07) is 11.7. The molecular formula is C15H10BrIN2O. The lowest BCUT2D eigenvalue weighted by Crippen LogP contribution is -2.13. The standard InChI is InChI=1S/C15H10BrIN2O/c1-8-6-9(16)7-12-13(8)19-15(20)14(12)18-11-4-2-10(17)3-5-11/h2-7H,1H3,(H,18,19,20). The number of aryl methyl sites for hydroxylation is 1. The summed E-state index contributed by atoms with van der Waals surface area (Å²) in [4.78, 5) is 16.6. The van der Waals surface area contributed by atoms with Crippen LogP contribution in [0.2, 0.25) is 0 Å². The van der Waals surface area contributed by atoms with Crippen molar-refractivity contribution >= 4 is 61.5 Å². The maximum atomic E-state index is 12.1. The molecular weight excluding hydrogens is 431 g/mol. The van der Waals surface area contributed by atoms with E-state index in [-0.39, 0.29) is 5.91 Å². The lowest BCUT2D eigenvalue weighted by Gasteiger charge is -2.03. The first-order chi connectivity index (χ1) is 9.54. The number of nitrogens with zero attached hydrogens (tertiary/aromatic N) is 1. The van der Waals surface area contributed by atoms with E-state index < -0.39 is 0 Å². The van der Waals surface area contributed by atoms with E-state index in [0.717, 1.165) is 30.5 Å². The zero-order valence-corrected chi connectivity index (χ0v) is 14.3. The molecule has 0 unspecified atom stereocenters. The van der Waals surface area contributed by atoms with Crippen LogP contribution in [0.1, 0.15) is 11.1 Å². The summed E-state index contributed by atoms with van der Waals surface area (Å²) in [5.74, 6) is -0.153. The SMILES string of the molecule is Cc1cc(Br)cc2c1NC(=O)C2=Nc1ccc(I)cc1. The third kappa shape index (κ3) is 2.52. The van der Waals surface area contributed by atoms with Gasteiger partial charge in [-0.05, 0) is 71.5 Å². The number of halogens is 2. The van der Waals surface area contributed by atoms with Crippen molar-refractivity contribution in [1.29, 1.82) is 0 Å². The molecule has 0 aromatic heterocycles. The molecule has 0 fully saturated rings. The molecule has 1 heterocycles. The number of fused-ring (bicyclic) bond motifs is 1. The van der Waals surface area contributed by atoms with Gasteiger partial charge >= 0.3 is 0 Å². The monoisotopic (exact) mass is 440 g/mol. The molecule has 3 rings (SSSR count).